The van der Waals surface area contributed by atoms with Gasteiger partial charge in [0.25, 0.3) is 6.01 Å². The molecule has 0 aliphatic carbocycles. The van der Waals surface area contributed by atoms with Gasteiger partial charge in [0.05, 0.1) is 7.11 Å². The highest BCUT2D eigenvalue weighted by Gasteiger charge is 2.14. The normalized spacial score (nSPS) is 10.1. The lowest BCUT2D eigenvalue weighted by Crippen LogP contribution is -2.25. The quantitative estimate of drug-likeness (QED) is 0.852. The maximum absolute atomic E-state index is 10.2. The molecule has 0 spiro atoms. The molecule has 0 aliphatic rings. The van der Waals surface area contributed by atoms with Gasteiger partial charge < -0.3 is 15.2 Å². The third-order valence-electron chi connectivity index (χ3n) is 1.63. The molecule has 1 aromatic heterocycles. The monoisotopic (exact) mass is 253 g/mol. The number of ether oxygens (including phenoxy) is 1. The number of nitrogens with zero attached hydrogens (tertiary/aromatic N) is 2. The van der Waals surface area contributed by atoms with Crippen LogP contribution in [0.4, 0.5) is 4.79 Å². The minimum atomic E-state index is -1.10. The summed E-state index contributed by atoms with van der Waals surface area (Å²) >= 11 is 11.5. The van der Waals surface area contributed by atoms with E-state index in [1.54, 1.807) is 0 Å². The topological polar surface area (TPSA) is 76.4 Å². The van der Waals surface area contributed by atoms with E-state index in [0.29, 0.717) is 6.54 Å². The van der Waals surface area contributed by atoms with E-state index in [4.69, 9.17) is 33.0 Å². The molecule has 0 bridgehead atoms. The maximum Gasteiger partial charge on any atom is 0.404 e. The van der Waals surface area contributed by atoms with E-state index in [1.165, 1.54) is 11.7 Å². The van der Waals surface area contributed by atoms with Crippen LogP contribution >= 0.6 is 23.2 Å². The lowest BCUT2D eigenvalue weighted by molar-refractivity contribution is 0.194. The minimum Gasteiger partial charge on any atom is -0.468 e. The van der Waals surface area contributed by atoms with Gasteiger partial charge >= 0.3 is 6.09 Å². The standard InChI is InChI=1S/C7H9Cl2N3O3/c1-15-6-11-4(8)5(9)12(6)3-2-10-7(13)14/h10H,2-3H2,1H3,(H,13,14). The third kappa shape index (κ3) is 2.90. The summed E-state index contributed by atoms with van der Waals surface area (Å²) < 4.78 is 6.38. The van der Waals surface area contributed by atoms with Gasteiger partial charge in [-0.3, -0.25) is 4.57 Å². The number of carboxylic acid groups (broad SMARTS) is 1. The number of aromatic nitrogens is 2. The van der Waals surface area contributed by atoms with E-state index in [2.05, 4.69) is 10.3 Å². The van der Waals surface area contributed by atoms with Gasteiger partial charge in [-0.15, -0.1) is 0 Å². The number of imidazole rings is 1. The van der Waals surface area contributed by atoms with Gasteiger partial charge in [0, 0.05) is 13.1 Å². The highest BCUT2D eigenvalue weighted by Crippen LogP contribution is 2.26. The van der Waals surface area contributed by atoms with Crippen molar-refractivity contribution in [2.45, 2.75) is 6.54 Å². The number of carbonyl (C=O) groups is 1. The minimum absolute atomic E-state index is 0.129. The second kappa shape index (κ2) is 5.09. The molecule has 15 heavy (non-hydrogen) atoms. The number of methoxy groups -OCH3 is 1. The summed E-state index contributed by atoms with van der Waals surface area (Å²) in [5, 5.41) is 10.9. The van der Waals surface area contributed by atoms with Crippen molar-refractivity contribution in [1.82, 2.24) is 14.9 Å². The fourth-order valence-corrected chi connectivity index (χ4v) is 1.38. The summed E-state index contributed by atoms with van der Waals surface area (Å²) in [7, 11) is 1.43. The molecule has 6 nitrogen and oxygen atoms in total. The summed E-state index contributed by atoms with van der Waals surface area (Å²) in [6.07, 6.45) is -1.10. The molecule has 84 valence electrons. The molecule has 0 radical (unpaired) electrons. The molecule has 0 atom stereocenters. The summed E-state index contributed by atoms with van der Waals surface area (Å²) in [6, 6.07) is 0.247. The van der Waals surface area contributed by atoms with Crippen LogP contribution in [0, 0.1) is 0 Å². The van der Waals surface area contributed by atoms with Crippen molar-refractivity contribution in [2.24, 2.45) is 0 Å². The Kier molecular flexibility index (Phi) is 4.05. The fraction of sp³-hybridized carbons (Fsp3) is 0.429. The molecule has 0 fully saturated rings. The first-order valence-electron chi connectivity index (χ1n) is 3.98. The first kappa shape index (κ1) is 11.9. The van der Waals surface area contributed by atoms with Crippen molar-refractivity contribution in [3.05, 3.63) is 10.3 Å². The largest absolute Gasteiger partial charge is 0.468 e. The van der Waals surface area contributed by atoms with Gasteiger partial charge in [0.2, 0.25) is 0 Å². The smallest absolute Gasteiger partial charge is 0.404 e. The Bertz CT molecular complexity index is 367. The van der Waals surface area contributed by atoms with E-state index in [0.717, 1.165) is 0 Å². The molecular weight excluding hydrogens is 245 g/mol. The predicted octanol–water partition coefficient (Wildman–Crippen LogP) is 1.47. The lowest BCUT2D eigenvalue weighted by atomic mass is 10.6. The van der Waals surface area contributed by atoms with Gasteiger partial charge in [-0.05, 0) is 0 Å². The van der Waals surface area contributed by atoms with Crippen LogP contribution in [0.1, 0.15) is 0 Å². The summed E-state index contributed by atoms with van der Waals surface area (Å²) in [5.74, 6) is 0. The zero-order valence-electron chi connectivity index (χ0n) is 7.83. The van der Waals surface area contributed by atoms with Crippen molar-refractivity contribution >= 4 is 29.3 Å². The third-order valence-corrected chi connectivity index (χ3v) is 2.37. The molecule has 2 N–H and O–H groups in total. The van der Waals surface area contributed by atoms with Gasteiger partial charge in [-0.1, -0.05) is 23.2 Å². The molecule has 1 rings (SSSR count). The number of hydrogen-bond donors (Lipinski definition) is 2. The van der Waals surface area contributed by atoms with E-state index in [-0.39, 0.29) is 22.9 Å². The Morgan fingerprint density at radius 2 is 2.33 bits per heavy atom. The van der Waals surface area contributed by atoms with Crippen LogP contribution in [0.3, 0.4) is 0 Å². The highest BCUT2D eigenvalue weighted by molar-refractivity contribution is 6.40. The molecule has 1 aromatic rings. The van der Waals surface area contributed by atoms with Gasteiger partial charge in [0.15, 0.2) is 10.3 Å². The zero-order valence-corrected chi connectivity index (χ0v) is 9.34. The first-order chi connectivity index (χ1) is 7.06. The molecule has 0 saturated heterocycles. The van der Waals surface area contributed by atoms with E-state index >= 15 is 0 Å². The Morgan fingerprint density at radius 1 is 1.67 bits per heavy atom. The summed E-state index contributed by atoms with van der Waals surface area (Å²) in [5.41, 5.74) is 0. The summed E-state index contributed by atoms with van der Waals surface area (Å²) in [6.45, 7) is 0.492. The molecule has 0 aromatic carbocycles. The van der Waals surface area contributed by atoms with E-state index in [1.807, 2.05) is 0 Å². The number of nitrogens with one attached hydrogen (secondary N) is 1. The lowest BCUT2D eigenvalue weighted by Gasteiger charge is -2.06. The van der Waals surface area contributed by atoms with Gasteiger partial charge in [0.1, 0.15) is 0 Å². The Balaban J connectivity index is 2.70. The fourth-order valence-electron chi connectivity index (χ4n) is 1.01. The van der Waals surface area contributed by atoms with Crippen molar-refractivity contribution in [2.75, 3.05) is 13.7 Å². The highest BCUT2D eigenvalue weighted by atomic mass is 35.5. The van der Waals surface area contributed by atoms with Crippen LogP contribution in [0.25, 0.3) is 0 Å². The number of rotatable bonds is 4. The number of amides is 1. The van der Waals surface area contributed by atoms with Crippen LogP contribution in [-0.4, -0.2) is 34.4 Å². The van der Waals surface area contributed by atoms with Crippen LogP contribution in [-0.2, 0) is 6.54 Å². The Hall–Kier alpha value is -1.14. The molecule has 0 unspecified atom stereocenters. The predicted molar refractivity (Wildman–Crippen MR) is 54.8 cm³/mol. The van der Waals surface area contributed by atoms with Gasteiger partial charge in [-0.2, -0.15) is 4.98 Å². The second-order valence-corrected chi connectivity index (χ2v) is 3.28. The van der Waals surface area contributed by atoms with E-state index < -0.39 is 6.09 Å². The van der Waals surface area contributed by atoms with Crippen molar-refractivity contribution in [3.8, 4) is 6.01 Å². The first-order valence-corrected chi connectivity index (χ1v) is 4.74. The number of hydrogen-bond acceptors (Lipinski definition) is 3. The van der Waals surface area contributed by atoms with E-state index in [9.17, 15) is 4.79 Å². The maximum atomic E-state index is 10.2. The van der Waals surface area contributed by atoms with Crippen LogP contribution in [0.2, 0.25) is 10.3 Å². The molecule has 1 heterocycles. The Morgan fingerprint density at radius 3 is 2.87 bits per heavy atom. The van der Waals surface area contributed by atoms with Crippen molar-refractivity contribution in [1.29, 1.82) is 0 Å². The summed E-state index contributed by atoms with van der Waals surface area (Å²) in [4.78, 5) is 14.0. The SMILES string of the molecule is COc1nc(Cl)c(Cl)n1CCNC(=O)O. The van der Waals surface area contributed by atoms with Crippen LogP contribution < -0.4 is 10.1 Å². The van der Waals surface area contributed by atoms with Crippen LogP contribution in [0.5, 0.6) is 6.01 Å². The van der Waals surface area contributed by atoms with Crippen molar-refractivity contribution in [3.63, 3.8) is 0 Å². The molecule has 8 heteroatoms. The van der Waals surface area contributed by atoms with Crippen molar-refractivity contribution < 1.29 is 14.6 Å². The molecular formula is C7H9Cl2N3O3. The molecule has 1 amide bonds. The molecule has 0 aliphatic heterocycles. The zero-order chi connectivity index (χ0) is 11.4. The Labute approximate surface area is 95.8 Å². The number of halogens is 2. The average Bonchev–Trinajstić information content (AvgIpc) is 2.44. The average molecular weight is 254 g/mol. The second-order valence-electron chi connectivity index (χ2n) is 2.56. The van der Waals surface area contributed by atoms with Gasteiger partial charge in [-0.25, -0.2) is 4.79 Å². The molecule has 0 saturated carbocycles. The van der Waals surface area contributed by atoms with Crippen LogP contribution in [0.15, 0.2) is 0 Å².